The minimum absolute atomic E-state index is 0.304. The summed E-state index contributed by atoms with van der Waals surface area (Å²) in [4.78, 5) is 11.4. The van der Waals surface area contributed by atoms with Crippen molar-refractivity contribution in [2.24, 2.45) is 9.98 Å². The van der Waals surface area contributed by atoms with Crippen LogP contribution in [-0.2, 0) is 5.72 Å². The highest BCUT2D eigenvalue weighted by Crippen LogP contribution is 2.41. The molecular formula is C18H27N3OS. The van der Waals surface area contributed by atoms with Gasteiger partial charge in [-0.05, 0) is 47.8 Å². The van der Waals surface area contributed by atoms with E-state index in [1.807, 2.05) is 62.3 Å². The summed E-state index contributed by atoms with van der Waals surface area (Å²) in [5, 5.41) is 12.5. The second-order valence-corrected chi connectivity index (χ2v) is 8.52. The third kappa shape index (κ3) is 3.45. The number of thioether (sulfide) groups is 1. The first kappa shape index (κ1) is 18.0. The first-order valence-electron chi connectivity index (χ1n) is 7.81. The number of hydrogen-bond donors (Lipinski definition) is 1. The second-order valence-electron chi connectivity index (χ2n) is 7.75. The molecule has 0 radical (unpaired) electrons. The van der Waals surface area contributed by atoms with Crippen LogP contribution in [0.1, 0.15) is 47.1 Å². The fraction of sp³-hybridized carbons (Fsp3) is 0.556. The Morgan fingerprint density at radius 3 is 2.09 bits per heavy atom. The van der Waals surface area contributed by atoms with Crippen LogP contribution in [0, 0.1) is 0 Å². The lowest BCUT2D eigenvalue weighted by atomic mass is 9.95. The lowest BCUT2D eigenvalue weighted by Gasteiger charge is -2.44. The van der Waals surface area contributed by atoms with Gasteiger partial charge < -0.3 is 10.0 Å². The van der Waals surface area contributed by atoms with Crippen molar-refractivity contribution in [2.45, 2.75) is 58.3 Å². The molecule has 1 aromatic carbocycles. The van der Waals surface area contributed by atoms with E-state index in [4.69, 9.17) is 4.99 Å². The molecule has 1 heterocycles. The van der Waals surface area contributed by atoms with E-state index in [0.717, 1.165) is 10.7 Å². The number of hydrogen-bond acceptors (Lipinski definition) is 4. The van der Waals surface area contributed by atoms with Crippen LogP contribution in [0.4, 0.5) is 0 Å². The average molecular weight is 334 g/mol. The molecule has 0 aliphatic carbocycles. The fourth-order valence-electron chi connectivity index (χ4n) is 2.72. The highest BCUT2D eigenvalue weighted by atomic mass is 32.2. The Morgan fingerprint density at radius 2 is 1.65 bits per heavy atom. The number of benzene rings is 1. The first-order chi connectivity index (χ1) is 10.5. The SMILES string of the molecule is CSC1=NC(=NC(C)(C)C)C(O)(c2ccccc2)N1C(C)(C)C. The molecule has 23 heavy (non-hydrogen) atoms. The van der Waals surface area contributed by atoms with Gasteiger partial charge in [0, 0.05) is 11.1 Å². The highest BCUT2D eigenvalue weighted by molar-refractivity contribution is 8.13. The van der Waals surface area contributed by atoms with Gasteiger partial charge in [-0.25, -0.2) is 4.99 Å². The summed E-state index contributed by atoms with van der Waals surface area (Å²) >= 11 is 1.53. The largest absolute Gasteiger partial charge is 0.361 e. The van der Waals surface area contributed by atoms with Crippen LogP contribution in [0.3, 0.4) is 0 Å². The van der Waals surface area contributed by atoms with E-state index >= 15 is 0 Å². The zero-order chi connectivity index (χ0) is 17.5. The average Bonchev–Trinajstić information content (AvgIpc) is 2.71. The fourth-order valence-corrected chi connectivity index (χ4v) is 3.48. The van der Waals surface area contributed by atoms with Crippen LogP contribution >= 0.6 is 11.8 Å². The molecule has 1 aliphatic heterocycles. The number of nitrogens with zero attached hydrogens (tertiary/aromatic N) is 3. The molecule has 0 spiro atoms. The molecule has 1 N–H and O–H groups in total. The van der Waals surface area contributed by atoms with Crippen molar-refractivity contribution < 1.29 is 5.11 Å². The first-order valence-corrected chi connectivity index (χ1v) is 9.04. The number of amidine groups is 2. The molecule has 0 fully saturated rings. The van der Waals surface area contributed by atoms with Gasteiger partial charge in [-0.2, -0.15) is 0 Å². The van der Waals surface area contributed by atoms with Crippen LogP contribution in [0.5, 0.6) is 0 Å². The Hall–Kier alpha value is -1.33. The molecule has 0 saturated carbocycles. The van der Waals surface area contributed by atoms with Crippen molar-refractivity contribution in [2.75, 3.05) is 6.26 Å². The van der Waals surface area contributed by atoms with Crippen molar-refractivity contribution in [3.05, 3.63) is 35.9 Å². The Bertz CT molecular complexity index is 626. The third-order valence-corrected chi connectivity index (χ3v) is 4.14. The lowest BCUT2D eigenvalue weighted by molar-refractivity contribution is -0.0458. The quantitative estimate of drug-likeness (QED) is 0.849. The Labute approximate surface area is 143 Å². The van der Waals surface area contributed by atoms with Crippen LogP contribution < -0.4 is 0 Å². The van der Waals surface area contributed by atoms with E-state index in [1.165, 1.54) is 11.8 Å². The predicted molar refractivity (Wildman–Crippen MR) is 100 cm³/mol. The highest BCUT2D eigenvalue weighted by Gasteiger charge is 2.53. The molecular weight excluding hydrogens is 306 g/mol. The van der Waals surface area contributed by atoms with Crippen LogP contribution in [0.25, 0.3) is 0 Å². The van der Waals surface area contributed by atoms with Gasteiger partial charge in [0.1, 0.15) is 0 Å². The maximum atomic E-state index is 11.7. The smallest absolute Gasteiger partial charge is 0.228 e. The molecule has 0 aromatic heterocycles. The minimum atomic E-state index is -1.36. The third-order valence-electron chi connectivity index (χ3n) is 3.50. The van der Waals surface area contributed by atoms with Gasteiger partial charge in [0.25, 0.3) is 0 Å². The van der Waals surface area contributed by atoms with Gasteiger partial charge in [0.15, 0.2) is 11.0 Å². The number of aliphatic hydroxyl groups is 1. The zero-order valence-electron chi connectivity index (χ0n) is 15.1. The number of rotatable bonds is 1. The summed E-state index contributed by atoms with van der Waals surface area (Å²) in [7, 11) is 0. The molecule has 4 nitrogen and oxygen atoms in total. The minimum Gasteiger partial charge on any atom is -0.361 e. The Morgan fingerprint density at radius 1 is 1.09 bits per heavy atom. The predicted octanol–water partition coefficient (Wildman–Crippen LogP) is 3.86. The summed E-state index contributed by atoms with van der Waals surface area (Å²) in [6.45, 7) is 12.3. The lowest BCUT2D eigenvalue weighted by Crippen LogP contribution is -2.57. The maximum absolute atomic E-state index is 11.7. The summed E-state index contributed by atoms with van der Waals surface area (Å²) < 4.78 is 0. The standard InChI is InChI=1S/C18H27N3OS/c1-16(2,3)20-14-18(22,13-11-9-8-10-12-13)21(17(4,5)6)15(19-14)23-7/h8-12,22H,1-7H3. The topological polar surface area (TPSA) is 48.2 Å². The second kappa shape index (κ2) is 5.95. The summed E-state index contributed by atoms with van der Waals surface area (Å²) in [5.41, 5.74) is -1.20. The van der Waals surface area contributed by atoms with Crippen LogP contribution in [-0.4, -0.2) is 38.3 Å². The molecule has 1 unspecified atom stereocenters. The van der Waals surface area contributed by atoms with Gasteiger partial charge in [0.05, 0.1) is 5.54 Å². The summed E-state index contributed by atoms with van der Waals surface area (Å²) in [6, 6.07) is 9.66. The molecule has 126 valence electrons. The molecule has 2 rings (SSSR count). The van der Waals surface area contributed by atoms with E-state index in [1.54, 1.807) is 0 Å². The summed E-state index contributed by atoms with van der Waals surface area (Å²) in [6.07, 6.45) is 1.98. The Kier molecular flexibility index (Phi) is 4.66. The summed E-state index contributed by atoms with van der Waals surface area (Å²) in [5.74, 6) is 0.454. The van der Waals surface area contributed by atoms with Crippen molar-refractivity contribution >= 4 is 22.8 Å². The van der Waals surface area contributed by atoms with Gasteiger partial charge in [0.2, 0.25) is 5.72 Å². The molecule has 1 atom stereocenters. The Balaban J connectivity index is 2.72. The van der Waals surface area contributed by atoms with E-state index in [9.17, 15) is 5.11 Å². The normalized spacial score (nSPS) is 24.3. The molecule has 1 aliphatic rings. The van der Waals surface area contributed by atoms with Gasteiger partial charge in [-0.15, -0.1) is 0 Å². The molecule has 5 heteroatoms. The van der Waals surface area contributed by atoms with Gasteiger partial charge in [-0.1, -0.05) is 42.1 Å². The molecule has 0 bridgehead atoms. The van der Waals surface area contributed by atoms with Crippen molar-refractivity contribution in [3.8, 4) is 0 Å². The maximum Gasteiger partial charge on any atom is 0.228 e. The van der Waals surface area contributed by atoms with Crippen molar-refractivity contribution in [1.82, 2.24) is 4.90 Å². The van der Waals surface area contributed by atoms with E-state index in [2.05, 4.69) is 25.8 Å². The zero-order valence-corrected chi connectivity index (χ0v) is 15.9. The van der Waals surface area contributed by atoms with Crippen LogP contribution in [0.2, 0.25) is 0 Å². The number of aliphatic imine (C=N–C) groups is 2. The molecule has 1 aromatic rings. The monoisotopic (exact) mass is 333 g/mol. The molecule has 0 amide bonds. The van der Waals surface area contributed by atoms with Crippen LogP contribution in [0.15, 0.2) is 40.3 Å². The van der Waals surface area contributed by atoms with Crippen molar-refractivity contribution in [1.29, 1.82) is 0 Å². The van der Waals surface area contributed by atoms with E-state index < -0.39 is 5.72 Å². The molecule has 0 saturated heterocycles. The van der Waals surface area contributed by atoms with E-state index in [-0.39, 0.29) is 11.1 Å². The van der Waals surface area contributed by atoms with Crippen molar-refractivity contribution in [3.63, 3.8) is 0 Å². The van der Waals surface area contributed by atoms with Gasteiger partial charge in [-0.3, -0.25) is 4.99 Å². The van der Waals surface area contributed by atoms with E-state index in [0.29, 0.717) is 5.84 Å². The van der Waals surface area contributed by atoms with Gasteiger partial charge >= 0.3 is 0 Å².